The monoisotopic (exact) mass is 156 g/mol. The summed E-state index contributed by atoms with van der Waals surface area (Å²) in [4.78, 5) is 3.77. The molecule has 0 aromatic carbocycles. The summed E-state index contributed by atoms with van der Waals surface area (Å²) in [7, 11) is 0. The zero-order valence-electron chi connectivity index (χ0n) is 6.50. The number of aromatic nitrogens is 3. The van der Waals surface area contributed by atoms with E-state index in [1.165, 1.54) is 0 Å². The van der Waals surface area contributed by atoms with Gasteiger partial charge in [-0.25, -0.2) is 5.10 Å². The van der Waals surface area contributed by atoms with E-state index in [9.17, 15) is 0 Å². The molecule has 5 nitrogen and oxygen atoms in total. The lowest BCUT2D eigenvalue weighted by molar-refractivity contribution is 0.286. The first-order valence-electron chi connectivity index (χ1n) is 3.63. The third-order valence-corrected chi connectivity index (χ3v) is 1.21. The molecule has 0 saturated heterocycles. The Morgan fingerprint density at radius 3 is 3.00 bits per heavy atom. The van der Waals surface area contributed by atoms with Gasteiger partial charge in [-0.2, -0.15) is 4.98 Å². The Hall–Kier alpha value is -1.26. The Morgan fingerprint density at radius 2 is 2.45 bits per heavy atom. The number of ether oxygens (including phenoxy) is 1. The molecular weight excluding hydrogens is 144 g/mol. The van der Waals surface area contributed by atoms with Gasteiger partial charge in [0.05, 0.1) is 6.61 Å². The molecule has 5 heteroatoms. The number of nitrogens with zero attached hydrogens (tertiary/aromatic N) is 2. The number of anilines is 1. The minimum Gasteiger partial charge on any atom is -0.462 e. The fraction of sp³-hybridized carbons (Fsp3) is 0.667. The molecule has 1 heterocycles. The number of nitrogens with two attached hydrogens (primary N) is 1. The highest BCUT2D eigenvalue weighted by Gasteiger charge is 1.98. The van der Waals surface area contributed by atoms with Crippen LogP contribution in [0.1, 0.15) is 19.8 Å². The van der Waals surface area contributed by atoms with E-state index in [1.54, 1.807) is 0 Å². The van der Waals surface area contributed by atoms with Crippen LogP contribution < -0.4 is 10.5 Å². The van der Waals surface area contributed by atoms with Crippen molar-refractivity contribution in [1.29, 1.82) is 0 Å². The number of nitrogens with one attached hydrogen (secondary N) is 1. The normalized spacial score (nSPS) is 9.91. The maximum Gasteiger partial charge on any atom is 0.337 e. The molecule has 0 bridgehead atoms. The van der Waals surface area contributed by atoms with Crippen molar-refractivity contribution in [2.45, 2.75) is 19.8 Å². The van der Waals surface area contributed by atoms with Crippen LogP contribution in [-0.4, -0.2) is 21.8 Å². The molecule has 1 aromatic rings. The Bertz CT molecular complexity index is 210. The minimum atomic E-state index is 0.288. The molecule has 0 aliphatic heterocycles. The van der Waals surface area contributed by atoms with E-state index in [1.807, 2.05) is 0 Å². The van der Waals surface area contributed by atoms with E-state index >= 15 is 0 Å². The summed E-state index contributed by atoms with van der Waals surface area (Å²) in [6, 6.07) is 0.330. The molecule has 0 spiro atoms. The Morgan fingerprint density at radius 1 is 1.64 bits per heavy atom. The first-order chi connectivity index (χ1) is 5.33. The van der Waals surface area contributed by atoms with Crippen LogP contribution in [0.15, 0.2) is 0 Å². The Kier molecular flexibility index (Phi) is 2.71. The van der Waals surface area contributed by atoms with Gasteiger partial charge in [0, 0.05) is 0 Å². The molecule has 0 atom stereocenters. The summed E-state index contributed by atoms with van der Waals surface area (Å²) in [6.07, 6.45) is 2.11. The molecular formula is C6H12N4O. The topological polar surface area (TPSA) is 76.8 Å². The summed E-state index contributed by atoms with van der Waals surface area (Å²) in [5, 5.41) is 6.19. The van der Waals surface area contributed by atoms with Crippen LogP contribution in [0, 0.1) is 0 Å². The molecule has 62 valence electrons. The van der Waals surface area contributed by atoms with Gasteiger partial charge < -0.3 is 10.5 Å². The fourth-order valence-corrected chi connectivity index (χ4v) is 0.630. The van der Waals surface area contributed by atoms with Gasteiger partial charge in [-0.05, 0) is 6.42 Å². The second-order valence-electron chi connectivity index (χ2n) is 2.21. The smallest absolute Gasteiger partial charge is 0.337 e. The number of unbranched alkanes of at least 4 members (excludes halogenated alkanes) is 1. The average Bonchev–Trinajstić information content (AvgIpc) is 2.37. The number of nitrogen functional groups attached to an aromatic ring is 1. The van der Waals surface area contributed by atoms with Crippen LogP contribution in [0.3, 0.4) is 0 Å². The number of hydrogen-bond donors (Lipinski definition) is 2. The highest BCUT2D eigenvalue weighted by Crippen LogP contribution is 2.02. The molecule has 0 unspecified atom stereocenters. The van der Waals surface area contributed by atoms with Gasteiger partial charge in [0.1, 0.15) is 0 Å². The van der Waals surface area contributed by atoms with Crippen molar-refractivity contribution in [1.82, 2.24) is 15.2 Å². The highest BCUT2D eigenvalue weighted by molar-refractivity contribution is 5.14. The lowest BCUT2D eigenvalue weighted by Gasteiger charge is -1.96. The molecule has 11 heavy (non-hydrogen) atoms. The van der Waals surface area contributed by atoms with Crippen molar-refractivity contribution < 1.29 is 4.74 Å². The quantitative estimate of drug-likeness (QED) is 0.624. The first kappa shape index (κ1) is 7.84. The van der Waals surface area contributed by atoms with Crippen LogP contribution in [0.5, 0.6) is 6.01 Å². The molecule has 0 aliphatic rings. The molecule has 0 saturated carbocycles. The van der Waals surface area contributed by atoms with Crippen molar-refractivity contribution in [3.8, 4) is 6.01 Å². The second kappa shape index (κ2) is 3.80. The molecule has 1 rings (SSSR count). The van der Waals surface area contributed by atoms with Gasteiger partial charge in [0.2, 0.25) is 5.95 Å². The summed E-state index contributed by atoms with van der Waals surface area (Å²) in [5.41, 5.74) is 5.27. The van der Waals surface area contributed by atoms with Crippen molar-refractivity contribution in [2.24, 2.45) is 0 Å². The van der Waals surface area contributed by atoms with Crippen molar-refractivity contribution >= 4 is 5.95 Å². The van der Waals surface area contributed by atoms with Gasteiger partial charge in [0.15, 0.2) is 0 Å². The SMILES string of the molecule is CCCCOc1n[nH]c(N)n1. The molecule has 0 amide bonds. The number of H-pyrrole nitrogens is 1. The van der Waals surface area contributed by atoms with E-state index in [4.69, 9.17) is 10.5 Å². The summed E-state index contributed by atoms with van der Waals surface area (Å²) < 4.78 is 5.13. The van der Waals surface area contributed by atoms with E-state index < -0.39 is 0 Å². The van der Waals surface area contributed by atoms with Gasteiger partial charge in [-0.1, -0.05) is 13.3 Å². The highest BCUT2D eigenvalue weighted by atomic mass is 16.5. The zero-order valence-corrected chi connectivity index (χ0v) is 6.50. The maximum atomic E-state index is 5.27. The summed E-state index contributed by atoms with van der Waals surface area (Å²) in [6.45, 7) is 2.74. The lowest BCUT2D eigenvalue weighted by atomic mass is 10.4. The first-order valence-corrected chi connectivity index (χ1v) is 3.63. The largest absolute Gasteiger partial charge is 0.462 e. The van der Waals surface area contributed by atoms with E-state index in [-0.39, 0.29) is 5.95 Å². The van der Waals surface area contributed by atoms with Crippen molar-refractivity contribution in [3.63, 3.8) is 0 Å². The van der Waals surface area contributed by atoms with Crippen LogP contribution in [0.2, 0.25) is 0 Å². The third-order valence-electron chi connectivity index (χ3n) is 1.21. The van der Waals surface area contributed by atoms with E-state index in [2.05, 4.69) is 22.1 Å². The molecule has 3 N–H and O–H groups in total. The van der Waals surface area contributed by atoms with Gasteiger partial charge in [-0.3, -0.25) is 0 Å². The Balaban J connectivity index is 2.27. The molecule has 0 aliphatic carbocycles. The number of aromatic amines is 1. The maximum absolute atomic E-state index is 5.27. The predicted octanol–water partition coefficient (Wildman–Crippen LogP) is 0.566. The van der Waals surface area contributed by atoms with Crippen molar-refractivity contribution in [3.05, 3.63) is 0 Å². The molecule has 0 radical (unpaired) electrons. The van der Waals surface area contributed by atoms with E-state index in [0.717, 1.165) is 12.8 Å². The summed E-state index contributed by atoms with van der Waals surface area (Å²) in [5.74, 6) is 0.288. The number of rotatable bonds is 4. The van der Waals surface area contributed by atoms with Gasteiger partial charge in [0.25, 0.3) is 0 Å². The average molecular weight is 156 g/mol. The zero-order chi connectivity index (χ0) is 8.10. The summed E-state index contributed by atoms with van der Waals surface area (Å²) >= 11 is 0. The van der Waals surface area contributed by atoms with Crippen LogP contribution in [0.4, 0.5) is 5.95 Å². The molecule has 0 fully saturated rings. The van der Waals surface area contributed by atoms with Gasteiger partial charge in [-0.15, -0.1) is 5.10 Å². The predicted molar refractivity (Wildman–Crippen MR) is 41.2 cm³/mol. The van der Waals surface area contributed by atoms with Gasteiger partial charge >= 0.3 is 6.01 Å². The van der Waals surface area contributed by atoms with Crippen LogP contribution in [-0.2, 0) is 0 Å². The lowest BCUT2D eigenvalue weighted by Crippen LogP contribution is -1.97. The number of hydrogen-bond acceptors (Lipinski definition) is 4. The van der Waals surface area contributed by atoms with E-state index in [0.29, 0.717) is 12.6 Å². The van der Waals surface area contributed by atoms with Crippen LogP contribution >= 0.6 is 0 Å². The van der Waals surface area contributed by atoms with Crippen molar-refractivity contribution in [2.75, 3.05) is 12.3 Å². The Labute approximate surface area is 65.0 Å². The molecule has 1 aromatic heterocycles. The minimum absolute atomic E-state index is 0.288. The third kappa shape index (κ3) is 2.45. The van der Waals surface area contributed by atoms with Crippen LogP contribution in [0.25, 0.3) is 0 Å². The second-order valence-corrected chi connectivity index (χ2v) is 2.21. The standard InChI is InChI=1S/C6H12N4O/c1-2-3-4-11-6-8-5(7)9-10-6/h2-4H2,1H3,(H3,7,8,9,10). The fourth-order valence-electron chi connectivity index (χ4n) is 0.630.